The minimum atomic E-state index is -0.754. The number of ketones is 1. The van der Waals surface area contributed by atoms with Crippen LogP contribution in [0.3, 0.4) is 0 Å². The number of fused-ring (bicyclic) bond motifs is 1. The van der Waals surface area contributed by atoms with E-state index in [4.69, 9.17) is 9.47 Å². The molecule has 3 aromatic rings. The van der Waals surface area contributed by atoms with E-state index in [1.54, 1.807) is 41.7 Å². The SMILES string of the molecule is COc1cccc(C2C(=C(O)c3c(C)nc4c(C)cccn34)C(=O)C(=O)N2CCN2CCOCC2)c1. The second-order valence-corrected chi connectivity index (χ2v) is 9.15. The second kappa shape index (κ2) is 9.75. The molecule has 0 radical (unpaired) electrons. The first-order chi connectivity index (χ1) is 17.4. The predicted molar refractivity (Wildman–Crippen MR) is 134 cm³/mol. The number of nitrogens with zero attached hydrogens (tertiary/aromatic N) is 4. The molecule has 2 saturated heterocycles. The van der Waals surface area contributed by atoms with Gasteiger partial charge in [-0.15, -0.1) is 0 Å². The Morgan fingerprint density at radius 1 is 1.14 bits per heavy atom. The Labute approximate surface area is 209 Å². The number of morpholine rings is 1. The van der Waals surface area contributed by atoms with Gasteiger partial charge in [0, 0.05) is 32.4 Å². The van der Waals surface area contributed by atoms with Crippen molar-refractivity contribution in [2.24, 2.45) is 0 Å². The van der Waals surface area contributed by atoms with Gasteiger partial charge < -0.3 is 19.5 Å². The van der Waals surface area contributed by atoms with Crippen molar-refractivity contribution in [1.29, 1.82) is 0 Å². The number of rotatable bonds is 6. The number of aliphatic hydroxyl groups is 1. The smallest absolute Gasteiger partial charge is 0.295 e. The average molecular weight is 491 g/mol. The molecule has 2 aliphatic rings. The molecule has 1 unspecified atom stereocenters. The Morgan fingerprint density at radius 3 is 2.67 bits per heavy atom. The molecule has 9 heteroatoms. The van der Waals surface area contributed by atoms with Crippen LogP contribution in [0.25, 0.3) is 11.4 Å². The number of aryl methyl sites for hydroxylation is 2. The number of benzene rings is 1. The van der Waals surface area contributed by atoms with E-state index in [0.29, 0.717) is 54.7 Å². The summed E-state index contributed by atoms with van der Waals surface area (Å²) < 4.78 is 12.6. The summed E-state index contributed by atoms with van der Waals surface area (Å²) in [5.74, 6) is -0.955. The molecule has 0 spiro atoms. The van der Waals surface area contributed by atoms with E-state index in [1.807, 2.05) is 31.2 Å². The highest BCUT2D eigenvalue weighted by atomic mass is 16.5. The topological polar surface area (TPSA) is 96.6 Å². The minimum Gasteiger partial charge on any atom is -0.505 e. The molecule has 36 heavy (non-hydrogen) atoms. The maximum atomic E-state index is 13.5. The maximum absolute atomic E-state index is 13.5. The van der Waals surface area contributed by atoms with Crippen molar-refractivity contribution in [3.05, 3.63) is 70.7 Å². The number of aliphatic hydroxyl groups excluding tert-OH is 1. The summed E-state index contributed by atoms with van der Waals surface area (Å²) in [6.07, 6.45) is 1.80. The van der Waals surface area contributed by atoms with Crippen molar-refractivity contribution in [3.63, 3.8) is 0 Å². The number of imidazole rings is 1. The highest BCUT2D eigenvalue weighted by Gasteiger charge is 2.46. The molecule has 0 aliphatic carbocycles. The lowest BCUT2D eigenvalue weighted by molar-refractivity contribution is -0.140. The van der Waals surface area contributed by atoms with Gasteiger partial charge in [0.25, 0.3) is 11.7 Å². The Kier molecular flexibility index (Phi) is 6.51. The summed E-state index contributed by atoms with van der Waals surface area (Å²) in [6.45, 7) is 7.50. The van der Waals surface area contributed by atoms with Crippen LogP contribution in [0, 0.1) is 13.8 Å². The monoisotopic (exact) mass is 490 g/mol. The van der Waals surface area contributed by atoms with Crippen molar-refractivity contribution < 1.29 is 24.2 Å². The first kappa shape index (κ1) is 24.0. The molecule has 2 aliphatic heterocycles. The summed E-state index contributed by atoms with van der Waals surface area (Å²) in [4.78, 5) is 35.2. The standard InChI is InChI=1S/C27H30N4O5/c1-17-6-5-9-30-22(18(2)28-26(17)30)24(32)21-23(19-7-4-8-20(16-19)35-3)31(27(34)25(21)33)11-10-29-12-14-36-15-13-29/h4-9,16,23,32H,10-15H2,1-3H3. The Balaban J connectivity index is 1.63. The average Bonchev–Trinajstić information content (AvgIpc) is 3.37. The van der Waals surface area contributed by atoms with Gasteiger partial charge >= 0.3 is 0 Å². The number of hydrogen-bond acceptors (Lipinski definition) is 7. The lowest BCUT2D eigenvalue weighted by Crippen LogP contribution is -2.42. The highest BCUT2D eigenvalue weighted by molar-refractivity contribution is 6.46. The fourth-order valence-corrected chi connectivity index (χ4v) is 5.07. The zero-order chi connectivity index (χ0) is 25.4. The molecule has 1 aromatic carbocycles. The van der Waals surface area contributed by atoms with E-state index in [2.05, 4.69) is 9.88 Å². The summed E-state index contributed by atoms with van der Waals surface area (Å²) in [5, 5.41) is 11.6. The summed E-state index contributed by atoms with van der Waals surface area (Å²) in [7, 11) is 1.57. The second-order valence-electron chi connectivity index (χ2n) is 9.15. The summed E-state index contributed by atoms with van der Waals surface area (Å²) in [5.41, 5.74) is 3.37. The Hall–Kier alpha value is -3.69. The molecule has 5 rings (SSSR count). The zero-order valence-electron chi connectivity index (χ0n) is 20.7. The molecule has 2 aromatic heterocycles. The van der Waals surface area contributed by atoms with Crippen LogP contribution in [0.1, 0.15) is 28.6 Å². The van der Waals surface area contributed by atoms with Gasteiger partial charge in [-0.3, -0.25) is 18.9 Å². The van der Waals surface area contributed by atoms with Crippen LogP contribution in [0.5, 0.6) is 5.75 Å². The molecule has 0 saturated carbocycles. The van der Waals surface area contributed by atoms with Gasteiger partial charge in [0.15, 0.2) is 5.76 Å². The number of carbonyl (C=O) groups is 2. The fraction of sp³-hybridized carbons (Fsp3) is 0.370. The van der Waals surface area contributed by atoms with Crippen molar-refractivity contribution in [2.75, 3.05) is 46.5 Å². The Morgan fingerprint density at radius 2 is 1.92 bits per heavy atom. The number of aromatic nitrogens is 2. The van der Waals surface area contributed by atoms with Gasteiger partial charge in [0.2, 0.25) is 0 Å². The summed E-state index contributed by atoms with van der Waals surface area (Å²) in [6, 6.07) is 10.3. The quantitative estimate of drug-likeness (QED) is 0.322. The van der Waals surface area contributed by atoms with Crippen LogP contribution in [0.4, 0.5) is 0 Å². The van der Waals surface area contributed by atoms with E-state index in [9.17, 15) is 14.7 Å². The highest BCUT2D eigenvalue weighted by Crippen LogP contribution is 2.40. The fourth-order valence-electron chi connectivity index (χ4n) is 5.07. The van der Waals surface area contributed by atoms with Gasteiger partial charge in [0.1, 0.15) is 17.1 Å². The first-order valence-electron chi connectivity index (χ1n) is 12.1. The van der Waals surface area contributed by atoms with Gasteiger partial charge in [-0.05, 0) is 43.2 Å². The van der Waals surface area contributed by atoms with Crippen LogP contribution in [-0.2, 0) is 14.3 Å². The molecule has 0 bridgehead atoms. The number of carbonyl (C=O) groups excluding carboxylic acids is 2. The lowest BCUT2D eigenvalue weighted by atomic mass is 9.96. The molecule has 188 valence electrons. The molecule has 9 nitrogen and oxygen atoms in total. The third-order valence-corrected chi connectivity index (χ3v) is 6.95. The third-order valence-electron chi connectivity index (χ3n) is 6.95. The van der Waals surface area contributed by atoms with Gasteiger partial charge in [-0.25, -0.2) is 4.98 Å². The van der Waals surface area contributed by atoms with E-state index in [0.717, 1.165) is 18.7 Å². The van der Waals surface area contributed by atoms with Gasteiger partial charge in [0.05, 0.1) is 37.6 Å². The van der Waals surface area contributed by atoms with Crippen molar-refractivity contribution >= 4 is 23.1 Å². The predicted octanol–water partition coefficient (Wildman–Crippen LogP) is 2.71. The van der Waals surface area contributed by atoms with Gasteiger partial charge in [-0.2, -0.15) is 0 Å². The molecule has 1 N–H and O–H groups in total. The largest absolute Gasteiger partial charge is 0.505 e. The van der Waals surface area contributed by atoms with E-state index in [-0.39, 0.29) is 11.3 Å². The number of Topliss-reactive ketones (excluding diaryl/α,β-unsaturated/α-hetero) is 1. The number of pyridine rings is 1. The van der Waals surface area contributed by atoms with Crippen LogP contribution >= 0.6 is 0 Å². The normalized spacial score (nSPS) is 20.4. The molecule has 2 fully saturated rings. The van der Waals surface area contributed by atoms with E-state index in [1.165, 1.54) is 0 Å². The minimum absolute atomic E-state index is 0.0571. The zero-order valence-corrected chi connectivity index (χ0v) is 20.7. The number of likely N-dealkylation sites (tertiary alicyclic amines) is 1. The van der Waals surface area contributed by atoms with E-state index < -0.39 is 17.7 Å². The molecule has 1 atom stereocenters. The molecule has 1 amide bonds. The number of ether oxygens (including phenoxy) is 2. The van der Waals surface area contributed by atoms with Crippen LogP contribution in [0.15, 0.2) is 48.2 Å². The van der Waals surface area contributed by atoms with Gasteiger partial charge in [-0.1, -0.05) is 18.2 Å². The molecular formula is C27H30N4O5. The van der Waals surface area contributed by atoms with Crippen LogP contribution < -0.4 is 4.74 Å². The Bertz CT molecular complexity index is 1360. The number of hydrogen-bond donors (Lipinski definition) is 1. The van der Waals surface area contributed by atoms with Crippen molar-refractivity contribution in [1.82, 2.24) is 19.2 Å². The molecule has 4 heterocycles. The van der Waals surface area contributed by atoms with Crippen LogP contribution in [-0.4, -0.2) is 82.5 Å². The number of amides is 1. The number of methoxy groups -OCH3 is 1. The van der Waals surface area contributed by atoms with E-state index >= 15 is 0 Å². The lowest BCUT2D eigenvalue weighted by Gasteiger charge is -2.31. The molecular weight excluding hydrogens is 460 g/mol. The van der Waals surface area contributed by atoms with Crippen LogP contribution in [0.2, 0.25) is 0 Å². The van der Waals surface area contributed by atoms with Crippen molar-refractivity contribution in [2.45, 2.75) is 19.9 Å². The maximum Gasteiger partial charge on any atom is 0.295 e. The third kappa shape index (κ3) is 4.14. The van der Waals surface area contributed by atoms with Crippen molar-refractivity contribution in [3.8, 4) is 5.75 Å². The summed E-state index contributed by atoms with van der Waals surface area (Å²) >= 11 is 0. The first-order valence-corrected chi connectivity index (χ1v) is 12.1.